The van der Waals surface area contributed by atoms with E-state index in [4.69, 9.17) is 23.1 Å². The molecule has 0 saturated heterocycles. The van der Waals surface area contributed by atoms with Crippen LogP contribution in [-0.2, 0) is 0 Å². The van der Waals surface area contributed by atoms with Gasteiger partial charge in [0.2, 0.25) is 0 Å². The highest BCUT2D eigenvalue weighted by Gasteiger charge is 2.43. The number of nitrogens with one attached hydrogen (secondary N) is 1. The van der Waals surface area contributed by atoms with Gasteiger partial charge in [0.1, 0.15) is 0 Å². The number of unbranched alkanes of at least 4 members (excludes halogenated alkanes) is 2. The van der Waals surface area contributed by atoms with Gasteiger partial charge >= 0.3 is 0 Å². The van der Waals surface area contributed by atoms with E-state index >= 15 is 0 Å². The lowest BCUT2D eigenvalue weighted by molar-refractivity contribution is 0.167. The predicted molar refractivity (Wildman–Crippen MR) is 75.5 cm³/mol. The number of nitrogens with two attached hydrogens (primary N) is 2. The van der Waals surface area contributed by atoms with Crippen LogP contribution in [0.25, 0.3) is 0 Å². The van der Waals surface area contributed by atoms with Gasteiger partial charge in [0.25, 0.3) is 0 Å². The van der Waals surface area contributed by atoms with Crippen LogP contribution in [0.5, 0.6) is 0 Å². The number of hydrogen-bond acceptors (Lipinski definition) is 6. The van der Waals surface area contributed by atoms with E-state index in [0.717, 1.165) is 31.3 Å². The van der Waals surface area contributed by atoms with E-state index < -0.39 is 0 Å². The molecule has 19 heavy (non-hydrogen) atoms. The normalized spacial score (nSPS) is 25.9. The van der Waals surface area contributed by atoms with Crippen molar-refractivity contribution in [3.63, 3.8) is 0 Å². The fourth-order valence-electron chi connectivity index (χ4n) is 2.54. The number of fused-ring (bicyclic) bond motifs is 1. The third-order valence-corrected chi connectivity index (χ3v) is 4.29. The minimum Gasteiger partial charge on any atom is -0.397 e. The average molecular weight is 285 g/mol. The summed E-state index contributed by atoms with van der Waals surface area (Å²) in [7, 11) is 0. The lowest BCUT2D eigenvalue weighted by Gasteiger charge is -2.41. The molecule has 2 aliphatic rings. The lowest BCUT2D eigenvalue weighted by atomic mass is 9.82. The van der Waals surface area contributed by atoms with Crippen molar-refractivity contribution >= 4 is 11.6 Å². The third-order valence-electron chi connectivity index (χ3n) is 4.02. The van der Waals surface area contributed by atoms with Gasteiger partial charge in [-0.3, -0.25) is 0 Å². The van der Waals surface area contributed by atoms with Crippen LogP contribution in [0.15, 0.2) is 33.2 Å². The van der Waals surface area contributed by atoms with Crippen LogP contribution in [0.2, 0.25) is 0 Å². The van der Waals surface area contributed by atoms with E-state index in [0.29, 0.717) is 23.1 Å². The molecule has 7 heteroatoms. The Bertz CT molecular complexity index is 455. The standard InChI is InChI=1S/C12H21ClN6/c1-8-9(14)10(15)11-16-17-18-19(11)12(8,2)6-4-3-5-7-13/h3-7,14-15H2,1-2H3,(H,16,18). The molecule has 0 radical (unpaired) electrons. The summed E-state index contributed by atoms with van der Waals surface area (Å²) in [6.45, 7) is 4.13. The van der Waals surface area contributed by atoms with Crippen molar-refractivity contribution in [1.29, 1.82) is 0 Å². The van der Waals surface area contributed by atoms with Crippen molar-refractivity contribution in [2.45, 2.75) is 45.1 Å². The minimum absolute atomic E-state index is 0.276. The second-order valence-electron chi connectivity index (χ2n) is 5.19. The van der Waals surface area contributed by atoms with Crippen LogP contribution in [0.4, 0.5) is 0 Å². The molecule has 0 fully saturated rings. The quantitative estimate of drug-likeness (QED) is 0.532. The van der Waals surface area contributed by atoms with Gasteiger partial charge in [-0.15, -0.1) is 11.6 Å². The Morgan fingerprint density at radius 1 is 1.26 bits per heavy atom. The number of alkyl halides is 1. The molecule has 1 unspecified atom stereocenters. The minimum atomic E-state index is -0.276. The van der Waals surface area contributed by atoms with Crippen molar-refractivity contribution in [1.82, 2.24) is 10.4 Å². The summed E-state index contributed by atoms with van der Waals surface area (Å²) >= 11 is 5.71. The lowest BCUT2D eigenvalue weighted by Crippen LogP contribution is -2.49. The summed E-state index contributed by atoms with van der Waals surface area (Å²) in [4.78, 5) is 0. The van der Waals surface area contributed by atoms with Crippen LogP contribution in [0, 0.1) is 0 Å². The first-order valence-corrected chi connectivity index (χ1v) is 7.05. The van der Waals surface area contributed by atoms with Gasteiger partial charge in [0, 0.05) is 5.88 Å². The van der Waals surface area contributed by atoms with E-state index in [9.17, 15) is 0 Å². The van der Waals surface area contributed by atoms with Crippen LogP contribution in [0.3, 0.4) is 0 Å². The Balaban J connectivity index is 2.21. The van der Waals surface area contributed by atoms with Crippen molar-refractivity contribution in [2.75, 3.05) is 5.88 Å². The molecule has 0 amide bonds. The van der Waals surface area contributed by atoms with Gasteiger partial charge in [0.15, 0.2) is 5.82 Å². The molecule has 106 valence electrons. The average Bonchev–Trinajstić information content (AvgIpc) is 2.89. The van der Waals surface area contributed by atoms with Crippen LogP contribution in [-0.4, -0.2) is 16.4 Å². The van der Waals surface area contributed by atoms with E-state index in [2.05, 4.69) is 22.8 Å². The van der Waals surface area contributed by atoms with Crippen molar-refractivity contribution in [3.8, 4) is 0 Å². The zero-order valence-corrected chi connectivity index (χ0v) is 12.2. The Kier molecular flexibility index (Phi) is 3.89. The van der Waals surface area contributed by atoms with Crippen LogP contribution >= 0.6 is 11.6 Å². The van der Waals surface area contributed by atoms with Gasteiger partial charge in [-0.1, -0.05) is 12.8 Å². The monoisotopic (exact) mass is 284 g/mol. The van der Waals surface area contributed by atoms with E-state index in [1.807, 2.05) is 11.9 Å². The molecule has 0 aromatic rings. The molecule has 0 bridgehead atoms. The number of halogens is 1. The molecule has 0 aromatic carbocycles. The first kappa shape index (κ1) is 14.0. The fourth-order valence-corrected chi connectivity index (χ4v) is 2.73. The summed E-state index contributed by atoms with van der Waals surface area (Å²) in [5.41, 5.74) is 16.8. The van der Waals surface area contributed by atoms with E-state index in [1.165, 1.54) is 0 Å². The van der Waals surface area contributed by atoms with Crippen molar-refractivity contribution in [2.24, 2.45) is 21.9 Å². The summed E-state index contributed by atoms with van der Waals surface area (Å²) in [5.74, 6) is 1.39. The van der Waals surface area contributed by atoms with Gasteiger partial charge in [-0.05, 0) is 42.7 Å². The zero-order chi connectivity index (χ0) is 14.0. The van der Waals surface area contributed by atoms with E-state index in [1.54, 1.807) is 0 Å². The summed E-state index contributed by atoms with van der Waals surface area (Å²) in [6, 6.07) is 0. The van der Waals surface area contributed by atoms with Crippen LogP contribution < -0.4 is 16.9 Å². The van der Waals surface area contributed by atoms with Gasteiger partial charge in [0.05, 0.1) is 16.9 Å². The van der Waals surface area contributed by atoms with Crippen molar-refractivity contribution < 1.29 is 0 Å². The molecule has 0 aromatic heterocycles. The topological polar surface area (TPSA) is 92.0 Å². The second-order valence-corrected chi connectivity index (χ2v) is 5.57. The van der Waals surface area contributed by atoms with Gasteiger partial charge in [-0.25, -0.2) is 10.4 Å². The second kappa shape index (κ2) is 5.28. The molecule has 6 nitrogen and oxygen atoms in total. The Morgan fingerprint density at radius 3 is 2.68 bits per heavy atom. The summed E-state index contributed by atoms with van der Waals surface area (Å²) in [5, 5.41) is 9.83. The summed E-state index contributed by atoms with van der Waals surface area (Å²) in [6.07, 6.45) is 4.13. The van der Waals surface area contributed by atoms with Gasteiger partial charge in [-0.2, -0.15) is 0 Å². The molecular weight excluding hydrogens is 264 g/mol. The summed E-state index contributed by atoms with van der Waals surface area (Å²) < 4.78 is 0. The molecule has 0 spiro atoms. The fraction of sp³-hybridized carbons (Fsp3) is 0.667. The maximum absolute atomic E-state index is 6.11. The molecule has 1 atom stereocenters. The molecule has 0 saturated carbocycles. The molecule has 0 aliphatic carbocycles. The maximum atomic E-state index is 6.11. The number of nitrogens with zero attached hydrogens (tertiary/aromatic N) is 3. The molecule has 5 N–H and O–H groups in total. The highest BCUT2D eigenvalue weighted by atomic mass is 35.5. The first-order valence-electron chi connectivity index (χ1n) is 6.52. The molecular formula is C12H21ClN6. The Morgan fingerprint density at radius 2 is 2.00 bits per heavy atom. The molecule has 2 rings (SSSR count). The largest absolute Gasteiger partial charge is 0.397 e. The smallest absolute Gasteiger partial charge is 0.172 e. The molecule has 2 heterocycles. The zero-order valence-electron chi connectivity index (χ0n) is 11.4. The predicted octanol–water partition coefficient (Wildman–Crippen LogP) is 2.11. The first-order chi connectivity index (χ1) is 9.02. The number of rotatable bonds is 5. The highest BCUT2D eigenvalue weighted by Crippen LogP contribution is 2.40. The Labute approximate surface area is 118 Å². The highest BCUT2D eigenvalue weighted by molar-refractivity contribution is 6.17. The third kappa shape index (κ3) is 2.25. The van der Waals surface area contributed by atoms with Crippen molar-refractivity contribution in [3.05, 3.63) is 22.8 Å². The maximum Gasteiger partial charge on any atom is 0.172 e. The van der Waals surface area contributed by atoms with Gasteiger partial charge < -0.3 is 11.5 Å². The Hall–Kier alpha value is -1.43. The SMILES string of the molecule is CC1=C(N)C(N)=C2NN=NN2C1(C)CCCCCCl. The van der Waals surface area contributed by atoms with Crippen LogP contribution in [0.1, 0.15) is 39.5 Å². The van der Waals surface area contributed by atoms with E-state index in [-0.39, 0.29) is 5.54 Å². The molecule has 2 aliphatic heterocycles. The number of hydrogen-bond donors (Lipinski definition) is 3.